The minimum Gasteiger partial charge on any atom is -0.490 e. The summed E-state index contributed by atoms with van der Waals surface area (Å²) < 4.78 is 11.3. The van der Waals surface area contributed by atoms with E-state index in [9.17, 15) is 9.59 Å². The number of hydrogen-bond donors (Lipinski definition) is 1. The van der Waals surface area contributed by atoms with Crippen LogP contribution in [-0.2, 0) is 0 Å². The summed E-state index contributed by atoms with van der Waals surface area (Å²) in [6, 6.07) is 11.6. The molecule has 0 saturated carbocycles. The minimum atomic E-state index is -1.08. The van der Waals surface area contributed by atoms with Gasteiger partial charge in [-0.3, -0.25) is 4.79 Å². The van der Waals surface area contributed by atoms with Crippen LogP contribution in [0.25, 0.3) is 6.08 Å². The Morgan fingerprint density at radius 3 is 2.67 bits per heavy atom. The molecule has 24 heavy (non-hydrogen) atoms. The molecule has 5 nitrogen and oxygen atoms in total. The molecule has 1 heterocycles. The zero-order valence-corrected chi connectivity index (χ0v) is 13.3. The molecule has 0 saturated heterocycles. The molecule has 1 N–H and O–H groups in total. The molecule has 0 unspecified atom stereocenters. The van der Waals surface area contributed by atoms with E-state index in [0.717, 1.165) is 5.56 Å². The van der Waals surface area contributed by atoms with Crippen LogP contribution in [0.3, 0.4) is 0 Å². The van der Waals surface area contributed by atoms with Gasteiger partial charge in [0.05, 0.1) is 17.2 Å². The van der Waals surface area contributed by atoms with Gasteiger partial charge in [-0.25, -0.2) is 4.79 Å². The summed E-state index contributed by atoms with van der Waals surface area (Å²) in [5, 5.41) is 9.04. The Hall–Kier alpha value is -3.08. The normalized spacial score (nSPS) is 14.6. The van der Waals surface area contributed by atoms with E-state index in [2.05, 4.69) is 0 Å². The first kappa shape index (κ1) is 15.8. The molecular weight excluding hydrogens is 308 g/mol. The van der Waals surface area contributed by atoms with Crippen LogP contribution >= 0.6 is 0 Å². The van der Waals surface area contributed by atoms with Crippen molar-refractivity contribution >= 4 is 17.8 Å². The highest BCUT2D eigenvalue weighted by Gasteiger charge is 2.28. The lowest BCUT2D eigenvalue weighted by Gasteiger charge is -2.12. The molecule has 3 rings (SSSR count). The van der Waals surface area contributed by atoms with Crippen molar-refractivity contribution in [2.75, 3.05) is 0 Å². The van der Waals surface area contributed by atoms with E-state index in [1.807, 2.05) is 38.1 Å². The smallest absolute Gasteiger partial charge is 0.335 e. The fourth-order valence-corrected chi connectivity index (χ4v) is 2.42. The van der Waals surface area contributed by atoms with E-state index in [1.54, 1.807) is 6.08 Å². The lowest BCUT2D eigenvalue weighted by molar-refractivity contribution is 0.0697. The predicted octanol–water partition coefficient (Wildman–Crippen LogP) is 3.79. The number of ether oxygens (including phenoxy) is 2. The number of para-hydroxylation sites is 1. The van der Waals surface area contributed by atoms with Gasteiger partial charge in [0.1, 0.15) is 11.5 Å². The second-order valence-electron chi connectivity index (χ2n) is 5.66. The lowest BCUT2D eigenvalue weighted by atomic mass is 10.1. The summed E-state index contributed by atoms with van der Waals surface area (Å²) in [4.78, 5) is 23.5. The topological polar surface area (TPSA) is 72.8 Å². The van der Waals surface area contributed by atoms with E-state index in [-0.39, 0.29) is 28.8 Å². The van der Waals surface area contributed by atoms with Gasteiger partial charge in [-0.1, -0.05) is 18.2 Å². The molecule has 2 aromatic carbocycles. The Morgan fingerprint density at radius 1 is 1.21 bits per heavy atom. The molecule has 0 spiro atoms. The van der Waals surface area contributed by atoms with Crippen LogP contribution < -0.4 is 9.47 Å². The standard InChI is InChI=1S/C19H16O5/c1-11(2)23-15-6-4-3-5-12(15)10-17-18(20)14-9-13(19(21)22)7-8-16(14)24-17/h3-11H,1-2H3,(H,21,22). The molecule has 5 heteroatoms. The van der Waals surface area contributed by atoms with Crippen LogP contribution in [0.4, 0.5) is 0 Å². The maximum Gasteiger partial charge on any atom is 0.335 e. The number of benzene rings is 2. The summed E-state index contributed by atoms with van der Waals surface area (Å²) in [6.07, 6.45) is 1.61. The van der Waals surface area contributed by atoms with Gasteiger partial charge in [0.15, 0.2) is 5.76 Å². The number of aromatic carboxylic acids is 1. The molecule has 1 aliphatic rings. The summed E-state index contributed by atoms with van der Waals surface area (Å²) in [5.74, 6) is -0.268. The molecule has 0 atom stereocenters. The molecule has 0 aromatic heterocycles. The number of rotatable bonds is 4. The Labute approximate surface area is 139 Å². The molecule has 0 bridgehead atoms. The van der Waals surface area contributed by atoms with Gasteiger partial charge >= 0.3 is 5.97 Å². The second-order valence-corrected chi connectivity index (χ2v) is 5.66. The summed E-state index contributed by atoms with van der Waals surface area (Å²) in [7, 11) is 0. The first-order chi connectivity index (χ1) is 11.5. The van der Waals surface area contributed by atoms with E-state index in [0.29, 0.717) is 11.5 Å². The number of allylic oxidation sites excluding steroid dienone is 1. The maximum absolute atomic E-state index is 12.5. The molecule has 1 aliphatic heterocycles. The van der Waals surface area contributed by atoms with E-state index in [1.165, 1.54) is 18.2 Å². The lowest BCUT2D eigenvalue weighted by Crippen LogP contribution is -2.07. The molecule has 122 valence electrons. The van der Waals surface area contributed by atoms with Gasteiger partial charge in [-0.05, 0) is 44.2 Å². The zero-order chi connectivity index (χ0) is 17.3. The Balaban J connectivity index is 1.96. The van der Waals surface area contributed by atoms with Crippen LogP contribution in [0.2, 0.25) is 0 Å². The number of ketones is 1. The third-order valence-electron chi connectivity index (χ3n) is 3.48. The Bertz CT molecular complexity index is 849. The third kappa shape index (κ3) is 3.01. The van der Waals surface area contributed by atoms with Crippen LogP contribution in [-0.4, -0.2) is 23.0 Å². The van der Waals surface area contributed by atoms with Crippen LogP contribution in [0, 0.1) is 0 Å². The second kappa shape index (κ2) is 6.20. The highest BCUT2D eigenvalue weighted by atomic mass is 16.5. The van der Waals surface area contributed by atoms with E-state index >= 15 is 0 Å². The number of carboxylic acids is 1. The van der Waals surface area contributed by atoms with Crippen LogP contribution in [0.1, 0.15) is 40.1 Å². The molecular formula is C19H16O5. The van der Waals surface area contributed by atoms with Gasteiger partial charge in [0, 0.05) is 5.56 Å². The zero-order valence-electron chi connectivity index (χ0n) is 13.3. The van der Waals surface area contributed by atoms with Gasteiger partial charge in [-0.2, -0.15) is 0 Å². The van der Waals surface area contributed by atoms with Crippen molar-refractivity contribution in [2.24, 2.45) is 0 Å². The maximum atomic E-state index is 12.5. The average molecular weight is 324 g/mol. The van der Waals surface area contributed by atoms with Crippen LogP contribution in [0.5, 0.6) is 11.5 Å². The predicted molar refractivity (Wildman–Crippen MR) is 88.5 cm³/mol. The van der Waals surface area contributed by atoms with Crippen molar-refractivity contribution in [3.8, 4) is 11.5 Å². The fraction of sp³-hybridized carbons (Fsp3) is 0.158. The van der Waals surface area contributed by atoms with Gasteiger partial charge < -0.3 is 14.6 Å². The largest absolute Gasteiger partial charge is 0.490 e. The van der Waals surface area contributed by atoms with Crippen molar-refractivity contribution in [2.45, 2.75) is 20.0 Å². The monoisotopic (exact) mass is 324 g/mol. The number of carbonyl (C=O) groups is 2. The van der Waals surface area contributed by atoms with Crippen LogP contribution in [0.15, 0.2) is 48.2 Å². The number of fused-ring (bicyclic) bond motifs is 1. The summed E-state index contributed by atoms with van der Waals surface area (Å²) in [6.45, 7) is 3.84. The molecule has 2 aromatic rings. The highest BCUT2D eigenvalue weighted by molar-refractivity contribution is 6.15. The highest BCUT2D eigenvalue weighted by Crippen LogP contribution is 2.33. The molecule has 0 aliphatic carbocycles. The van der Waals surface area contributed by atoms with E-state index < -0.39 is 5.97 Å². The first-order valence-electron chi connectivity index (χ1n) is 7.53. The number of hydrogen-bond acceptors (Lipinski definition) is 4. The molecule has 0 radical (unpaired) electrons. The van der Waals surface area contributed by atoms with Crippen molar-refractivity contribution in [1.29, 1.82) is 0 Å². The van der Waals surface area contributed by atoms with Crippen molar-refractivity contribution < 1.29 is 24.2 Å². The number of Topliss-reactive ketones (excluding diaryl/α,β-unsaturated/α-hetero) is 1. The van der Waals surface area contributed by atoms with Crippen molar-refractivity contribution in [3.05, 3.63) is 64.9 Å². The average Bonchev–Trinajstić information content (AvgIpc) is 2.84. The number of carbonyl (C=O) groups excluding carboxylic acids is 1. The Kier molecular flexibility index (Phi) is 4.08. The molecule has 0 amide bonds. The van der Waals surface area contributed by atoms with Gasteiger partial charge in [0.2, 0.25) is 5.78 Å². The quantitative estimate of drug-likeness (QED) is 0.866. The van der Waals surface area contributed by atoms with Crippen molar-refractivity contribution in [1.82, 2.24) is 0 Å². The van der Waals surface area contributed by atoms with Gasteiger partial charge in [0.25, 0.3) is 0 Å². The van der Waals surface area contributed by atoms with Crippen molar-refractivity contribution in [3.63, 3.8) is 0 Å². The SMILES string of the molecule is CC(C)Oc1ccccc1C=C1Oc2ccc(C(=O)O)cc2C1=O. The summed E-state index contributed by atoms with van der Waals surface area (Å²) in [5.41, 5.74) is 1.03. The fourth-order valence-electron chi connectivity index (χ4n) is 2.42. The van der Waals surface area contributed by atoms with Gasteiger partial charge in [-0.15, -0.1) is 0 Å². The third-order valence-corrected chi connectivity index (χ3v) is 3.48. The molecule has 0 fully saturated rings. The first-order valence-corrected chi connectivity index (χ1v) is 7.53. The van der Waals surface area contributed by atoms with E-state index in [4.69, 9.17) is 14.6 Å². The number of carboxylic acid groups (broad SMARTS) is 1. The minimum absolute atomic E-state index is 0.0000648. The Morgan fingerprint density at radius 2 is 1.96 bits per heavy atom. The summed E-state index contributed by atoms with van der Waals surface area (Å²) >= 11 is 0.